The number of hydrogen-bond acceptors (Lipinski definition) is 6. The summed E-state index contributed by atoms with van der Waals surface area (Å²) in [7, 11) is 0. The lowest BCUT2D eigenvalue weighted by Gasteiger charge is -2.15. The molecular weight excluding hydrogens is 152 g/mol. The first kappa shape index (κ1) is 10.8. The molecule has 0 aromatic heterocycles. The Morgan fingerprint density at radius 2 is 1.91 bits per heavy atom. The monoisotopic (exact) mass is 166 g/mol. The Balaban J connectivity index is 3.28. The zero-order valence-electron chi connectivity index (χ0n) is 6.06. The smallest absolute Gasteiger partial charge is 0.153 e. The molecule has 0 amide bonds. The lowest BCUT2D eigenvalue weighted by Crippen LogP contribution is -2.44. The van der Waals surface area contributed by atoms with Crippen LogP contribution >= 0.6 is 0 Å². The van der Waals surface area contributed by atoms with Gasteiger partial charge in [0, 0.05) is 13.1 Å². The van der Waals surface area contributed by atoms with Gasteiger partial charge in [-0.15, -0.1) is 0 Å². The molecule has 6 nitrogen and oxygen atoms in total. The summed E-state index contributed by atoms with van der Waals surface area (Å²) in [5, 5.41) is 36.7. The summed E-state index contributed by atoms with van der Waals surface area (Å²) < 4.78 is 0. The second-order valence-corrected chi connectivity index (χ2v) is 2.07. The van der Waals surface area contributed by atoms with Gasteiger partial charge in [0.05, 0.1) is 6.61 Å². The van der Waals surface area contributed by atoms with Crippen LogP contribution in [0.4, 0.5) is 0 Å². The molecule has 0 aliphatic heterocycles. The molecule has 0 aliphatic rings. The van der Waals surface area contributed by atoms with Crippen LogP contribution in [0.3, 0.4) is 0 Å². The Bertz CT molecular complexity index is 92.6. The van der Waals surface area contributed by atoms with Crippen molar-refractivity contribution in [3.05, 3.63) is 0 Å². The van der Waals surface area contributed by atoms with E-state index in [0.29, 0.717) is 6.54 Å². The highest BCUT2D eigenvalue weighted by molar-refractivity contribution is 4.63. The van der Waals surface area contributed by atoms with Crippen LogP contribution in [0.15, 0.2) is 0 Å². The number of rotatable bonds is 6. The molecule has 6 N–H and O–H groups in total. The van der Waals surface area contributed by atoms with Crippen molar-refractivity contribution in [2.24, 2.45) is 0 Å². The lowest BCUT2D eigenvalue weighted by molar-refractivity contribution is -0.0716. The molecule has 11 heavy (non-hydrogen) atoms. The van der Waals surface area contributed by atoms with Crippen LogP contribution in [-0.4, -0.2) is 52.6 Å². The van der Waals surface area contributed by atoms with Crippen molar-refractivity contribution in [3.8, 4) is 0 Å². The van der Waals surface area contributed by atoms with E-state index in [2.05, 4.69) is 5.32 Å². The summed E-state index contributed by atoms with van der Waals surface area (Å²) in [4.78, 5) is 0. The van der Waals surface area contributed by atoms with Gasteiger partial charge in [-0.1, -0.05) is 0 Å². The van der Waals surface area contributed by atoms with E-state index < -0.39 is 12.3 Å². The summed E-state index contributed by atoms with van der Waals surface area (Å²) in [6.45, 7) is 0.417. The second kappa shape index (κ2) is 6.47. The first-order valence-electron chi connectivity index (χ1n) is 3.29. The Kier molecular flexibility index (Phi) is 6.33. The van der Waals surface area contributed by atoms with E-state index in [1.54, 1.807) is 0 Å². The predicted octanol–water partition coefficient (Wildman–Crippen LogP) is -2.77. The van der Waals surface area contributed by atoms with E-state index >= 15 is 0 Å². The largest absolute Gasteiger partial charge is 0.395 e. The lowest BCUT2D eigenvalue weighted by atomic mass is 10.3. The van der Waals surface area contributed by atoms with E-state index in [1.165, 1.54) is 5.48 Å². The van der Waals surface area contributed by atoms with Crippen LogP contribution in [0.2, 0.25) is 0 Å². The summed E-state index contributed by atoms with van der Waals surface area (Å²) in [6, 6.07) is 0. The van der Waals surface area contributed by atoms with Crippen LogP contribution in [0.1, 0.15) is 0 Å². The minimum Gasteiger partial charge on any atom is -0.395 e. The fourth-order valence-electron chi connectivity index (χ4n) is 0.527. The molecule has 0 aliphatic carbocycles. The molecule has 0 spiro atoms. The van der Waals surface area contributed by atoms with Crippen LogP contribution < -0.4 is 10.8 Å². The third-order valence-electron chi connectivity index (χ3n) is 1.14. The minimum absolute atomic E-state index is 0.0324. The second-order valence-electron chi connectivity index (χ2n) is 2.07. The molecule has 2 unspecified atom stereocenters. The molecule has 0 aromatic carbocycles. The quantitative estimate of drug-likeness (QED) is 0.145. The van der Waals surface area contributed by atoms with Crippen LogP contribution in [0, 0.1) is 0 Å². The molecule has 0 saturated heterocycles. The molecule has 0 bridgehead atoms. The zero-order valence-corrected chi connectivity index (χ0v) is 6.06. The highest BCUT2D eigenvalue weighted by Gasteiger charge is 2.13. The first-order valence-corrected chi connectivity index (χ1v) is 3.29. The van der Waals surface area contributed by atoms with E-state index in [4.69, 9.17) is 20.5 Å². The average Bonchev–Trinajstić information content (AvgIpc) is 2.03. The van der Waals surface area contributed by atoms with Crippen molar-refractivity contribution in [1.82, 2.24) is 10.8 Å². The first-order chi connectivity index (χ1) is 5.22. The molecule has 6 heteroatoms. The van der Waals surface area contributed by atoms with Crippen molar-refractivity contribution in [3.63, 3.8) is 0 Å². The van der Waals surface area contributed by atoms with Crippen LogP contribution in [0.25, 0.3) is 0 Å². The molecule has 0 saturated carbocycles. The summed E-state index contributed by atoms with van der Waals surface area (Å²) in [6.07, 6.45) is -2.45. The molecule has 68 valence electrons. The van der Waals surface area contributed by atoms with Crippen molar-refractivity contribution in [1.29, 1.82) is 0 Å². The van der Waals surface area contributed by atoms with Crippen LogP contribution in [0.5, 0.6) is 0 Å². The predicted molar refractivity (Wildman–Crippen MR) is 36.9 cm³/mol. The Morgan fingerprint density at radius 1 is 1.27 bits per heavy atom. The highest BCUT2D eigenvalue weighted by Crippen LogP contribution is 1.85. The topological polar surface area (TPSA) is 105 Å². The van der Waals surface area contributed by atoms with E-state index in [9.17, 15) is 0 Å². The maximum atomic E-state index is 8.93. The number of aliphatic hydroxyl groups is 3. The Labute approximate surface area is 64.4 Å². The minimum atomic E-state index is -1.36. The van der Waals surface area contributed by atoms with Gasteiger partial charge in [-0.2, -0.15) is 5.48 Å². The van der Waals surface area contributed by atoms with Gasteiger partial charge in [0.15, 0.2) is 6.23 Å². The third-order valence-corrected chi connectivity index (χ3v) is 1.14. The number of hydrogen-bond donors (Lipinski definition) is 6. The molecule has 0 rings (SSSR count). The van der Waals surface area contributed by atoms with Crippen molar-refractivity contribution < 1.29 is 20.5 Å². The Hall–Kier alpha value is -0.240. The van der Waals surface area contributed by atoms with Gasteiger partial charge in [0.25, 0.3) is 0 Å². The van der Waals surface area contributed by atoms with E-state index in [0.717, 1.165) is 0 Å². The molecule has 0 radical (unpaired) electrons. The van der Waals surface area contributed by atoms with Crippen molar-refractivity contribution in [2.75, 3.05) is 19.7 Å². The highest BCUT2D eigenvalue weighted by atomic mass is 16.5. The van der Waals surface area contributed by atoms with Gasteiger partial charge < -0.3 is 25.8 Å². The molecule has 0 fully saturated rings. The maximum Gasteiger partial charge on any atom is 0.153 e. The normalized spacial score (nSPS) is 16.4. The van der Waals surface area contributed by atoms with Gasteiger partial charge >= 0.3 is 0 Å². The number of hydroxylamine groups is 1. The van der Waals surface area contributed by atoms with E-state index in [-0.39, 0.29) is 13.2 Å². The molecule has 0 heterocycles. The van der Waals surface area contributed by atoms with E-state index in [1.807, 2.05) is 0 Å². The van der Waals surface area contributed by atoms with Gasteiger partial charge in [-0.05, 0) is 0 Å². The molecule has 0 aromatic rings. The van der Waals surface area contributed by atoms with Gasteiger partial charge in [-0.3, -0.25) is 0 Å². The molecular formula is C5H14N2O4. The summed E-state index contributed by atoms with van der Waals surface area (Å²) >= 11 is 0. The third kappa shape index (κ3) is 5.08. The van der Waals surface area contributed by atoms with Gasteiger partial charge in [-0.25, -0.2) is 0 Å². The fourth-order valence-corrected chi connectivity index (χ4v) is 0.527. The summed E-state index contributed by atoms with van der Waals surface area (Å²) in [5.41, 5.74) is 1.49. The molecule has 2 atom stereocenters. The Morgan fingerprint density at radius 3 is 2.36 bits per heavy atom. The fraction of sp³-hybridized carbons (Fsp3) is 1.00. The maximum absolute atomic E-state index is 8.93. The van der Waals surface area contributed by atoms with Crippen LogP contribution in [-0.2, 0) is 0 Å². The van der Waals surface area contributed by atoms with Gasteiger partial charge in [0.2, 0.25) is 0 Å². The van der Waals surface area contributed by atoms with Gasteiger partial charge in [0.1, 0.15) is 6.10 Å². The standard InChI is InChI=1S/C5H14N2O4/c8-2-1-6-3-4(9)5(10)7-11/h4-11H,1-3H2. The summed E-state index contributed by atoms with van der Waals surface area (Å²) in [5.74, 6) is 0. The van der Waals surface area contributed by atoms with Crippen molar-refractivity contribution >= 4 is 0 Å². The SMILES string of the molecule is OCCNCC(O)C(O)NO. The zero-order chi connectivity index (χ0) is 8.69. The number of aliphatic hydroxyl groups excluding tert-OH is 3. The van der Waals surface area contributed by atoms with Crippen molar-refractivity contribution in [2.45, 2.75) is 12.3 Å². The number of nitrogens with one attached hydrogen (secondary N) is 2. The average molecular weight is 166 g/mol.